The lowest BCUT2D eigenvalue weighted by Gasteiger charge is -2.13. The molecule has 0 unspecified atom stereocenters. The van der Waals surface area contributed by atoms with Gasteiger partial charge in [0.1, 0.15) is 0 Å². The maximum atomic E-state index is 5.16. The average Bonchev–Trinajstić information content (AvgIpc) is 3.67. The Balaban J connectivity index is 1.25. The standard InChI is InChI=1S/C44H28N4/c1-3-13-29(14-4-1)43-37-26-24-31(27-38(37)45-44(46-43)30-15-5-2-6-16-30)48-41-22-12-9-19-35(41)36-25-23-32(28-42(36)48)47-39-20-10-7-17-33(39)34-18-8-11-21-40(34)47/h1-28H. The summed E-state index contributed by atoms with van der Waals surface area (Å²) in [5.41, 5.74) is 10.8. The van der Waals surface area contributed by atoms with Crippen molar-refractivity contribution in [2.75, 3.05) is 0 Å². The maximum absolute atomic E-state index is 5.16. The number of para-hydroxylation sites is 3. The van der Waals surface area contributed by atoms with Crippen molar-refractivity contribution in [2.45, 2.75) is 0 Å². The lowest BCUT2D eigenvalue weighted by molar-refractivity contribution is 1.15. The second-order valence-electron chi connectivity index (χ2n) is 12.3. The summed E-state index contributed by atoms with van der Waals surface area (Å²) in [5.74, 6) is 0.718. The minimum atomic E-state index is 0.718. The Morgan fingerprint density at radius 1 is 0.333 bits per heavy atom. The fourth-order valence-electron chi connectivity index (χ4n) is 7.37. The Labute approximate surface area is 276 Å². The van der Waals surface area contributed by atoms with Crippen molar-refractivity contribution in [1.82, 2.24) is 19.1 Å². The molecule has 0 atom stereocenters. The Kier molecular flexibility index (Phi) is 5.84. The van der Waals surface area contributed by atoms with Crippen molar-refractivity contribution in [2.24, 2.45) is 0 Å². The van der Waals surface area contributed by atoms with E-state index in [4.69, 9.17) is 9.97 Å². The van der Waals surface area contributed by atoms with E-state index < -0.39 is 0 Å². The van der Waals surface area contributed by atoms with Gasteiger partial charge in [0, 0.05) is 49.4 Å². The van der Waals surface area contributed by atoms with Crippen molar-refractivity contribution < 1.29 is 0 Å². The van der Waals surface area contributed by atoms with E-state index in [0.717, 1.165) is 56.0 Å². The zero-order valence-electron chi connectivity index (χ0n) is 26.0. The third-order valence-corrected chi connectivity index (χ3v) is 9.51. The average molecular weight is 613 g/mol. The SMILES string of the molecule is c1ccc(-c2nc(-c3ccccc3)c3ccc(-n4c5ccccc5c5ccc(-n6c7ccccc7c7ccccc76)cc54)cc3n2)cc1. The van der Waals surface area contributed by atoms with Crippen LogP contribution in [-0.4, -0.2) is 19.1 Å². The summed E-state index contributed by atoms with van der Waals surface area (Å²) in [4.78, 5) is 10.3. The van der Waals surface area contributed by atoms with E-state index in [1.165, 1.54) is 32.6 Å². The molecule has 7 aromatic carbocycles. The highest BCUT2D eigenvalue weighted by molar-refractivity contribution is 6.12. The molecule has 4 nitrogen and oxygen atoms in total. The van der Waals surface area contributed by atoms with Gasteiger partial charge in [-0.15, -0.1) is 0 Å². The predicted molar refractivity (Wildman–Crippen MR) is 199 cm³/mol. The van der Waals surface area contributed by atoms with Gasteiger partial charge in [-0.25, -0.2) is 9.97 Å². The molecule has 224 valence electrons. The number of hydrogen-bond acceptors (Lipinski definition) is 2. The molecule has 48 heavy (non-hydrogen) atoms. The summed E-state index contributed by atoms with van der Waals surface area (Å²) in [5, 5.41) is 5.97. The largest absolute Gasteiger partial charge is 0.309 e. The van der Waals surface area contributed by atoms with E-state index in [1.807, 2.05) is 24.3 Å². The monoisotopic (exact) mass is 612 g/mol. The van der Waals surface area contributed by atoms with Crippen molar-refractivity contribution in [3.63, 3.8) is 0 Å². The van der Waals surface area contributed by atoms with E-state index in [2.05, 4.69) is 155 Å². The molecule has 0 aliphatic heterocycles. The molecule has 0 bridgehead atoms. The van der Waals surface area contributed by atoms with Crippen LogP contribution in [0.1, 0.15) is 0 Å². The number of rotatable bonds is 4. The topological polar surface area (TPSA) is 35.6 Å². The Bertz CT molecular complexity index is 2770. The van der Waals surface area contributed by atoms with Crippen LogP contribution in [0.3, 0.4) is 0 Å². The van der Waals surface area contributed by atoms with Crippen molar-refractivity contribution in [3.8, 4) is 34.0 Å². The molecule has 0 amide bonds. The van der Waals surface area contributed by atoms with Gasteiger partial charge in [0.05, 0.1) is 33.3 Å². The Morgan fingerprint density at radius 2 is 0.792 bits per heavy atom. The first kappa shape index (κ1) is 26.7. The molecule has 3 heterocycles. The van der Waals surface area contributed by atoms with Gasteiger partial charge in [0.15, 0.2) is 5.82 Å². The van der Waals surface area contributed by atoms with E-state index in [9.17, 15) is 0 Å². The molecular weight excluding hydrogens is 585 g/mol. The highest BCUT2D eigenvalue weighted by atomic mass is 15.0. The van der Waals surface area contributed by atoms with Crippen LogP contribution in [0.15, 0.2) is 170 Å². The van der Waals surface area contributed by atoms with E-state index >= 15 is 0 Å². The first-order valence-electron chi connectivity index (χ1n) is 16.3. The van der Waals surface area contributed by atoms with E-state index in [-0.39, 0.29) is 0 Å². The quantitative estimate of drug-likeness (QED) is 0.198. The highest BCUT2D eigenvalue weighted by Crippen LogP contribution is 2.38. The molecular formula is C44H28N4. The van der Waals surface area contributed by atoms with Crippen molar-refractivity contribution in [1.29, 1.82) is 0 Å². The van der Waals surface area contributed by atoms with Crippen molar-refractivity contribution >= 4 is 54.5 Å². The van der Waals surface area contributed by atoms with Gasteiger partial charge in [-0.2, -0.15) is 0 Å². The fraction of sp³-hybridized carbons (Fsp3) is 0. The van der Waals surface area contributed by atoms with Crippen LogP contribution in [0.4, 0.5) is 0 Å². The molecule has 0 saturated heterocycles. The number of benzene rings is 7. The summed E-state index contributed by atoms with van der Waals surface area (Å²) in [6.07, 6.45) is 0. The number of hydrogen-bond donors (Lipinski definition) is 0. The fourth-order valence-corrected chi connectivity index (χ4v) is 7.37. The maximum Gasteiger partial charge on any atom is 0.160 e. The lowest BCUT2D eigenvalue weighted by atomic mass is 10.0. The van der Waals surface area contributed by atoms with Gasteiger partial charge in [-0.05, 0) is 48.5 Å². The van der Waals surface area contributed by atoms with E-state index in [1.54, 1.807) is 0 Å². The summed E-state index contributed by atoms with van der Waals surface area (Å²) in [6.45, 7) is 0. The molecule has 0 aliphatic rings. The van der Waals surface area contributed by atoms with Crippen LogP contribution < -0.4 is 0 Å². The van der Waals surface area contributed by atoms with Gasteiger partial charge in [0.2, 0.25) is 0 Å². The third-order valence-electron chi connectivity index (χ3n) is 9.51. The first-order valence-corrected chi connectivity index (χ1v) is 16.3. The summed E-state index contributed by atoms with van der Waals surface area (Å²) in [6, 6.07) is 60.1. The lowest BCUT2D eigenvalue weighted by Crippen LogP contribution is -1.99. The summed E-state index contributed by atoms with van der Waals surface area (Å²) in [7, 11) is 0. The van der Waals surface area contributed by atoms with Crippen LogP contribution >= 0.6 is 0 Å². The second-order valence-corrected chi connectivity index (χ2v) is 12.3. The number of nitrogens with zero attached hydrogens (tertiary/aromatic N) is 4. The highest BCUT2D eigenvalue weighted by Gasteiger charge is 2.18. The first-order chi connectivity index (χ1) is 23.8. The predicted octanol–water partition coefficient (Wildman–Crippen LogP) is 11.2. The van der Waals surface area contributed by atoms with E-state index in [0.29, 0.717) is 0 Å². The molecule has 0 radical (unpaired) electrons. The smallest absolute Gasteiger partial charge is 0.160 e. The summed E-state index contributed by atoms with van der Waals surface area (Å²) < 4.78 is 4.77. The van der Waals surface area contributed by atoms with Gasteiger partial charge in [-0.1, -0.05) is 121 Å². The molecule has 4 heteroatoms. The molecule has 3 aromatic heterocycles. The zero-order valence-corrected chi connectivity index (χ0v) is 26.0. The van der Waals surface area contributed by atoms with Gasteiger partial charge >= 0.3 is 0 Å². The Morgan fingerprint density at radius 3 is 1.40 bits per heavy atom. The van der Waals surface area contributed by atoms with Crippen LogP contribution in [-0.2, 0) is 0 Å². The summed E-state index contributed by atoms with van der Waals surface area (Å²) >= 11 is 0. The minimum Gasteiger partial charge on any atom is -0.309 e. The van der Waals surface area contributed by atoms with Gasteiger partial charge in [0.25, 0.3) is 0 Å². The molecule has 10 aromatic rings. The molecule has 0 N–H and O–H groups in total. The zero-order chi connectivity index (χ0) is 31.6. The molecule has 0 saturated carbocycles. The molecule has 10 rings (SSSR count). The normalized spacial score (nSPS) is 11.8. The van der Waals surface area contributed by atoms with Crippen LogP contribution in [0.5, 0.6) is 0 Å². The van der Waals surface area contributed by atoms with Crippen molar-refractivity contribution in [3.05, 3.63) is 170 Å². The second kappa shape index (κ2) is 10.5. The molecule has 0 aliphatic carbocycles. The number of fused-ring (bicyclic) bond motifs is 7. The third kappa shape index (κ3) is 4.03. The van der Waals surface area contributed by atoms with Crippen LogP contribution in [0, 0.1) is 0 Å². The minimum absolute atomic E-state index is 0.718. The van der Waals surface area contributed by atoms with Crippen LogP contribution in [0.25, 0.3) is 88.5 Å². The van der Waals surface area contributed by atoms with Gasteiger partial charge < -0.3 is 9.13 Å². The molecule has 0 spiro atoms. The van der Waals surface area contributed by atoms with Gasteiger partial charge in [-0.3, -0.25) is 0 Å². The number of aromatic nitrogens is 4. The van der Waals surface area contributed by atoms with Crippen LogP contribution in [0.2, 0.25) is 0 Å². The molecule has 0 fully saturated rings. The Hall–Kier alpha value is -6.52.